The van der Waals surface area contributed by atoms with Crippen LogP contribution in [-0.2, 0) is 9.53 Å². The highest BCUT2D eigenvalue weighted by atomic mass is 16.5. The zero-order valence-corrected chi connectivity index (χ0v) is 12.0. The minimum absolute atomic E-state index is 0.139. The van der Waals surface area contributed by atoms with Crippen molar-refractivity contribution in [1.29, 1.82) is 0 Å². The molecule has 0 aliphatic rings. The first-order chi connectivity index (χ1) is 8.33. The molecule has 0 fully saturated rings. The van der Waals surface area contributed by atoms with E-state index < -0.39 is 12.1 Å². The highest BCUT2D eigenvalue weighted by Crippen LogP contribution is 1.81. The molecular formula is C13H28O5. The minimum Gasteiger partial charge on any atom is -0.478 e. The average Bonchev–Trinajstić information content (AvgIpc) is 2.31. The lowest BCUT2D eigenvalue weighted by atomic mass is 10.4. The van der Waals surface area contributed by atoms with Gasteiger partial charge in [0.1, 0.15) is 0 Å². The summed E-state index contributed by atoms with van der Waals surface area (Å²) in [4.78, 5) is 9.60. The molecule has 0 heterocycles. The summed E-state index contributed by atoms with van der Waals surface area (Å²) in [6, 6.07) is 0. The van der Waals surface area contributed by atoms with Crippen molar-refractivity contribution in [2.24, 2.45) is 0 Å². The van der Waals surface area contributed by atoms with Crippen molar-refractivity contribution in [1.82, 2.24) is 0 Å². The van der Waals surface area contributed by atoms with Gasteiger partial charge in [-0.15, -0.1) is 0 Å². The number of rotatable bonds is 6. The van der Waals surface area contributed by atoms with Gasteiger partial charge in [-0.2, -0.15) is 0 Å². The van der Waals surface area contributed by atoms with E-state index in [0.29, 0.717) is 0 Å². The monoisotopic (exact) mass is 264 g/mol. The zero-order chi connectivity index (χ0) is 15.0. The Morgan fingerprint density at radius 1 is 1.28 bits per heavy atom. The van der Waals surface area contributed by atoms with E-state index >= 15 is 0 Å². The number of aliphatic carboxylic acids is 1. The third-order valence-corrected chi connectivity index (χ3v) is 1.33. The fraction of sp³-hybridized carbons (Fsp3) is 0.769. The predicted octanol–water partition coefficient (Wildman–Crippen LogP) is 1.83. The molecule has 5 nitrogen and oxygen atoms in total. The van der Waals surface area contributed by atoms with Gasteiger partial charge in [0.05, 0.1) is 12.7 Å². The number of hydrogen-bond donors (Lipinski definition) is 3. The predicted molar refractivity (Wildman–Crippen MR) is 72.6 cm³/mol. The first kappa shape index (κ1) is 22.3. The summed E-state index contributed by atoms with van der Waals surface area (Å²) in [6.07, 6.45) is 1.72. The van der Waals surface area contributed by atoms with Gasteiger partial charge >= 0.3 is 5.97 Å². The van der Waals surface area contributed by atoms with Crippen LogP contribution < -0.4 is 0 Å². The third kappa shape index (κ3) is 36.3. The summed E-state index contributed by atoms with van der Waals surface area (Å²) >= 11 is 0. The smallest absolute Gasteiger partial charge is 0.330 e. The Bertz CT molecular complexity index is 174. The molecule has 0 saturated heterocycles. The van der Waals surface area contributed by atoms with Gasteiger partial charge in [-0.3, -0.25) is 0 Å². The zero-order valence-electron chi connectivity index (χ0n) is 12.0. The van der Waals surface area contributed by atoms with E-state index in [-0.39, 0.29) is 12.2 Å². The van der Waals surface area contributed by atoms with Crippen LogP contribution in [0.1, 0.15) is 40.5 Å². The van der Waals surface area contributed by atoms with Crippen molar-refractivity contribution in [2.45, 2.75) is 46.6 Å². The van der Waals surface area contributed by atoms with Crippen LogP contribution in [0.15, 0.2) is 12.2 Å². The Kier molecular flexibility index (Phi) is 22.8. The Hall–Kier alpha value is -0.910. The van der Waals surface area contributed by atoms with E-state index in [1.807, 2.05) is 0 Å². The van der Waals surface area contributed by atoms with Gasteiger partial charge in [0.15, 0.2) is 0 Å². The van der Waals surface area contributed by atoms with Gasteiger partial charge in [-0.05, 0) is 26.7 Å². The number of aliphatic hydroxyl groups is 2. The molecule has 1 unspecified atom stereocenters. The van der Waals surface area contributed by atoms with E-state index in [4.69, 9.17) is 20.1 Å². The maximum Gasteiger partial charge on any atom is 0.330 e. The molecule has 0 rings (SSSR count). The summed E-state index contributed by atoms with van der Waals surface area (Å²) in [6.45, 7) is 12.1. The standard InChI is InChI=1S/C6H14O.C4H6O2.C3H8O2/c1-3-5-7-6-4-2;1-3(2)4(5)6;1-3(5)2-4/h3-6H2,1-2H3;1H2,2H3,(H,5,6);3-5H,2H2,1H3. The van der Waals surface area contributed by atoms with Gasteiger partial charge in [0, 0.05) is 18.8 Å². The van der Waals surface area contributed by atoms with E-state index in [1.165, 1.54) is 13.8 Å². The third-order valence-electron chi connectivity index (χ3n) is 1.33. The molecule has 3 N–H and O–H groups in total. The molecule has 0 aromatic carbocycles. The second-order valence-electron chi connectivity index (χ2n) is 3.73. The molecule has 0 aliphatic carbocycles. The molecule has 0 saturated carbocycles. The largest absolute Gasteiger partial charge is 0.478 e. The van der Waals surface area contributed by atoms with Crippen LogP contribution in [0.25, 0.3) is 0 Å². The van der Waals surface area contributed by atoms with Gasteiger partial charge in [0.25, 0.3) is 0 Å². The van der Waals surface area contributed by atoms with Gasteiger partial charge in [-0.1, -0.05) is 20.4 Å². The molecule has 0 amide bonds. The normalized spacial score (nSPS) is 10.3. The fourth-order valence-corrected chi connectivity index (χ4v) is 0.391. The lowest BCUT2D eigenvalue weighted by Gasteiger charge is -1.95. The Morgan fingerprint density at radius 2 is 1.56 bits per heavy atom. The number of carboxylic acid groups (broad SMARTS) is 1. The molecule has 0 aromatic heterocycles. The van der Waals surface area contributed by atoms with Gasteiger partial charge in [0.2, 0.25) is 0 Å². The second kappa shape index (κ2) is 18.5. The van der Waals surface area contributed by atoms with Crippen molar-refractivity contribution in [3.63, 3.8) is 0 Å². The van der Waals surface area contributed by atoms with E-state index in [1.54, 1.807) is 0 Å². The summed E-state index contributed by atoms with van der Waals surface area (Å²) < 4.78 is 5.13. The Labute approximate surface area is 110 Å². The minimum atomic E-state index is -0.935. The van der Waals surface area contributed by atoms with Crippen molar-refractivity contribution < 1.29 is 24.9 Å². The van der Waals surface area contributed by atoms with Gasteiger partial charge in [-0.25, -0.2) is 4.79 Å². The first-order valence-electron chi connectivity index (χ1n) is 6.08. The quantitative estimate of drug-likeness (QED) is 0.503. The number of ether oxygens (including phenoxy) is 1. The number of aliphatic hydroxyl groups excluding tert-OH is 2. The molecule has 0 bridgehead atoms. The van der Waals surface area contributed by atoms with Crippen LogP contribution in [0.4, 0.5) is 0 Å². The molecule has 18 heavy (non-hydrogen) atoms. The fourth-order valence-electron chi connectivity index (χ4n) is 0.391. The van der Waals surface area contributed by atoms with E-state index in [9.17, 15) is 4.79 Å². The summed E-state index contributed by atoms with van der Waals surface area (Å²) in [5, 5.41) is 23.9. The Morgan fingerprint density at radius 3 is 1.67 bits per heavy atom. The average molecular weight is 264 g/mol. The molecular weight excluding hydrogens is 236 g/mol. The summed E-state index contributed by atoms with van der Waals surface area (Å²) in [7, 11) is 0. The number of carboxylic acids is 1. The van der Waals surface area contributed by atoms with E-state index in [2.05, 4.69) is 20.4 Å². The molecule has 1 atom stereocenters. The molecule has 0 spiro atoms. The topological polar surface area (TPSA) is 87.0 Å². The number of carbonyl (C=O) groups is 1. The van der Waals surface area contributed by atoms with Crippen molar-refractivity contribution in [2.75, 3.05) is 19.8 Å². The maximum absolute atomic E-state index is 9.60. The molecule has 0 aromatic rings. The van der Waals surface area contributed by atoms with Crippen LogP contribution in [0.3, 0.4) is 0 Å². The highest BCUT2D eigenvalue weighted by Gasteiger charge is 1.90. The molecule has 5 heteroatoms. The Balaban J connectivity index is -0.000000190. The van der Waals surface area contributed by atoms with E-state index in [0.717, 1.165) is 26.1 Å². The lowest BCUT2D eigenvalue weighted by Crippen LogP contribution is -2.03. The SMILES string of the molecule is C=C(C)C(=O)O.CC(O)CO.CCCOCCC. The number of hydrogen-bond acceptors (Lipinski definition) is 4. The summed E-state index contributed by atoms with van der Waals surface area (Å²) in [5.41, 5.74) is 0.176. The van der Waals surface area contributed by atoms with Crippen LogP contribution >= 0.6 is 0 Å². The molecule has 0 radical (unpaired) electrons. The molecule has 110 valence electrons. The molecule has 0 aliphatic heterocycles. The van der Waals surface area contributed by atoms with Gasteiger partial charge < -0.3 is 20.1 Å². The van der Waals surface area contributed by atoms with Crippen LogP contribution in [0, 0.1) is 0 Å². The second-order valence-corrected chi connectivity index (χ2v) is 3.73. The first-order valence-corrected chi connectivity index (χ1v) is 6.08. The van der Waals surface area contributed by atoms with Crippen molar-refractivity contribution in [3.8, 4) is 0 Å². The lowest BCUT2D eigenvalue weighted by molar-refractivity contribution is -0.132. The van der Waals surface area contributed by atoms with Crippen LogP contribution in [0.2, 0.25) is 0 Å². The van der Waals surface area contributed by atoms with Crippen LogP contribution in [-0.4, -0.2) is 47.2 Å². The van der Waals surface area contributed by atoms with Crippen molar-refractivity contribution >= 4 is 5.97 Å². The summed E-state index contributed by atoms with van der Waals surface area (Å²) in [5.74, 6) is -0.935. The highest BCUT2D eigenvalue weighted by molar-refractivity contribution is 5.84. The maximum atomic E-state index is 9.60. The van der Waals surface area contributed by atoms with Crippen LogP contribution in [0.5, 0.6) is 0 Å². The van der Waals surface area contributed by atoms with Crippen molar-refractivity contribution in [3.05, 3.63) is 12.2 Å².